The zero-order valence-corrected chi connectivity index (χ0v) is 18.7. The Morgan fingerprint density at radius 1 is 0.935 bits per heavy atom. The number of benzene rings is 2. The van der Waals surface area contributed by atoms with Crippen LogP contribution in [0, 0.1) is 13.8 Å². The maximum atomic E-state index is 11.7. The predicted octanol–water partition coefficient (Wildman–Crippen LogP) is 4.89. The average Bonchev–Trinajstić information content (AvgIpc) is 3.38. The third-order valence-electron chi connectivity index (χ3n) is 5.78. The number of aliphatic hydroxyl groups is 1. The van der Waals surface area contributed by atoms with Gasteiger partial charge in [-0.1, -0.05) is 24.3 Å². The number of hydrogen-bond donors (Lipinski definition) is 1. The van der Waals surface area contributed by atoms with Crippen molar-refractivity contribution in [2.75, 3.05) is 13.2 Å². The van der Waals surface area contributed by atoms with Crippen LogP contribution in [0.2, 0.25) is 0 Å². The molecule has 0 spiro atoms. The first kappa shape index (κ1) is 22.8. The van der Waals surface area contributed by atoms with Crippen molar-refractivity contribution in [3.63, 3.8) is 0 Å². The van der Waals surface area contributed by atoms with E-state index >= 15 is 0 Å². The highest BCUT2D eigenvalue weighted by molar-refractivity contribution is 5.95. The second-order valence-electron chi connectivity index (χ2n) is 7.75. The number of aryl methyl sites for hydroxylation is 2. The molecule has 0 fully saturated rings. The number of ether oxygens (including phenoxy) is 2. The van der Waals surface area contributed by atoms with Gasteiger partial charge in [0.05, 0.1) is 30.4 Å². The minimum absolute atomic E-state index is 0.222. The van der Waals surface area contributed by atoms with E-state index in [0.717, 1.165) is 35.1 Å². The average molecular weight is 423 g/mol. The highest BCUT2D eigenvalue weighted by Gasteiger charge is 2.28. The Bertz CT molecular complexity index is 1020. The fourth-order valence-electron chi connectivity index (χ4n) is 4.21. The fraction of sp³-hybridized carbons (Fsp3) is 0.385. The molecular weight excluding hydrogens is 392 g/mol. The van der Waals surface area contributed by atoms with Crippen LogP contribution in [-0.2, 0) is 22.3 Å². The van der Waals surface area contributed by atoms with E-state index in [-0.39, 0.29) is 11.9 Å². The molecule has 0 radical (unpaired) electrons. The fourth-order valence-corrected chi connectivity index (χ4v) is 4.21. The molecule has 0 amide bonds. The molecule has 1 N–H and O–H groups in total. The molecule has 164 valence electrons. The minimum Gasteiger partial charge on any atom is -0.462 e. The molecule has 1 unspecified atom stereocenters. The van der Waals surface area contributed by atoms with E-state index in [4.69, 9.17) is 9.47 Å². The summed E-state index contributed by atoms with van der Waals surface area (Å²) in [5.74, 6) is -0.556. The van der Waals surface area contributed by atoms with Crippen LogP contribution in [-0.4, -0.2) is 30.3 Å². The van der Waals surface area contributed by atoms with Gasteiger partial charge in [0.25, 0.3) is 0 Å². The SMILES string of the molecule is CCOC(=O)c1ccc(C)c2c1C(O)CC2.CCOC(=O)c1ccc(C)c2c1C=CC2. The summed E-state index contributed by atoms with van der Waals surface area (Å²) in [5, 5.41) is 9.90. The number of allylic oxidation sites excluding steroid dienone is 1. The van der Waals surface area contributed by atoms with Gasteiger partial charge in [-0.3, -0.25) is 0 Å². The lowest BCUT2D eigenvalue weighted by atomic mass is 9.98. The van der Waals surface area contributed by atoms with Gasteiger partial charge in [-0.15, -0.1) is 0 Å². The second-order valence-corrected chi connectivity index (χ2v) is 7.75. The smallest absolute Gasteiger partial charge is 0.338 e. The molecule has 0 aliphatic heterocycles. The minimum atomic E-state index is -0.519. The summed E-state index contributed by atoms with van der Waals surface area (Å²) >= 11 is 0. The van der Waals surface area contributed by atoms with Crippen molar-refractivity contribution in [1.82, 2.24) is 0 Å². The number of esters is 2. The Hall–Kier alpha value is -2.92. The molecule has 5 nitrogen and oxygen atoms in total. The highest BCUT2D eigenvalue weighted by atomic mass is 16.5. The van der Waals surface area contributed by atoms with E-state index in [0.29, 0.717) is 30.8 Å². The number of aliphatic hydroxyl groups excluding tert-OH is 1. The summed E-state index contributed by atoms with van der Waals surface area (Å²) in [6.45, 7) is 8.46. The van der Waals surface area contributed by atoms with Crippen LogP contribution in [0.3, 0.4) is 0 Å². The molecule has 31 heavy (non-hydrogen) atoms. The zero-order chi connectivity index (χ0) is 22.5. The Labute approximate surface area is 183 Å². The van der Waals surface area contributed by atoms with Crippen LogP contribution in [0.4, 0.5) is 0 Å². The molecule has 5 heteroatoms. The van der Waals surface area contributed by atoms with Gasteiger partial charge in [0, 0.05) is 0 Å². The molecule has 2 aromatic carbocycles. The summed E-state index contributed by atoms with van der Waals surface area (Å²) < 4.78 is 10.0. The van der Waals surface area contributed by atoms with Crippen molar-refractivity contribution < 1.29 is 24.2 Å². The number of carbonyl (C=O) groups excluding carboxylic acids is 2. The molecule has 0 saturated heterocycles. The van der Waals surface area contributed by atoms with Crippen molar-refractivity contribution in [3.8, 4) is 0 Å². The normalized spacial score (nSPS) is 15.6. The third kappa shape index (κ3) is 4.72. The molecule has 2 aliphatic rings. The Morgan fingerprint density at radius 2 is 1.52 bits per heavy atom. The van der Waals surface area contributed by atoms with Gasteiger partial charge in [-0.25, -0.2) is 9.59 Å². The van der Waals surface area contributed by atoms with Gasteiger partial charge >= 0.3 is 11.9 Å². The van der Waals surface area contributed by atoms with Crippen LogP contribution >= 0.6 is 0 Å². The predicted molar refractivity (Wildman–Crippen MR) is 120 cm³/mol. The van der Waals surface area contributed by atoms with Crippen molar-refractivity contribution in [2.24, 2.45) is 0 Å². The largest absolute Gasteiger partial charge is 0.462 e. The van der Waals surface area contributed by atoms with Crippen LogP contribution in [0.5, 0.6) is 0 Å². The molecule has 1 atom stereocenters. The van der Waals surface area contributed by atoms with Crippen LogP contribution in [0.1, 0.15) is 80.5 Å². The van der Waals surface area contributed by atoms with Gasteiger partial charge < -0.3 is 14.6 Å². The van der Waals surface area contributed by atoms with Crippen molar-refractivity contribution in [1.29, 1.82) is 0 Å². The molecule has 2 aliphatic carbocycles. The summed E-state index contributed by atoms with van der Waals surface area (Å²) in [7, 11) is 0. The summed E-state index contributed by atoms with van der Waals surface area (Å²) in [6, 6.07) is 7.50. The first-order chi connectivity index (χ1) is 14.9. The highest BCUT2D eigenvalue weighted by Crippen LogP contribution is 2.36. The van der Waals surface area contributed by atoms with Crippen molar-refractivity contribution in [2.45, 2.75) is 53.1 Å². The second kappa shape index (κ2) is 9.92. The van der Waals surface area contributed by atoms with Gasteiger partial charge in [0.2, 0.25) is 0 Å². The number of rotatable bonds is 4. The number of hydrogen-bond acceptors (Lipinski definition) is 5. The molecule has 0 bridgehead atoms. The zero-order valence-electron chi connectivity index (χ0n) is 18.7. The summed E-state index contributed by atoms with van der Waals surface area (Å²) in [4.78, 5) is 23.4. The Balaban J connectivity index is 0.000000176. The van der Waals surface area contributed by atoms with Gasteiger partial charge in [-0.2, -0.15) is 0 Å². The lowest BCUT2D eigenvalue weighted by molar-refractivity contribution is 0.0513. The molecule has 0 heterocycles. The van der Waals surface area contributed by atoms with Crippen molar-refractivity contribution >= 4 is 18.0 Å². The first-order valence-corrected chi connectivity index (χ1v) is 10.8. The first-order valence-electron chi connectivity index (χ1n) is 10.8. The molecule has 0 saturated carbocycles. The Morgan fingerprint density at radius 3 is 2.16 bits per heavy atom. The summed E-state index contributed by atoms with van der Waals surface area (Å²) in [5.41, 5.74) is 7.76. The van der Waals surface area contributed by atoms with Crippen LogP contribution < -0.4 is 0 Å². The van der Waals surface area contributed by atoms with Gasteiger partial charge in [-0.05, 0) is 92.5 Å². The molecule has 2 aromatic rings. The van der Waals surface area contributed by atoms with E-state index < -0.39 is 6.10 Å². The van der Waals surface area contributed by atoms with Crippen molar-refractivity contribution in [3.05, 3.63) is 74.8 Å². The third-order valence-corrected chi connectivity index (χ3v) is 5.78. The maximum absolute atomic E-state index is 11.7. The molecular formula is C26H30O5. The lowest BCUT2D eigenvalue weighted by Crippen LogP contribution is -2.10. The van der Waals surface area contributed by atoms with Gasteiger partial charge in [0.15, 0.2) is 0 Å². The van der Waals surface area contributed by atoms with Crippen LogP contribution in [0.25, 0.3) is 6.08 Å². The van der Waals surface area contributed by atoms with E-state index in [1.54, 1.807) is 13.0 Å². The van der Waals surface area contributed by atoms with Gasteiger partial charge in [0.1, 0.15) is 0 Å². The van der Waals surface area contributed by atoms with E-state index in [9.17, 15) is 14.7 Å². The Kier molecular flexibility index (Phi) is 7.29. The monoisotopic (exact) mass is 422 g/mol. The van der Waals surface area contributed by atoms with E-state index in [1.807, 2.05) is 38.1 Å². The molecule has 0 aromatic heterocycles. The molecule has 4 rings (SSSR count). The lowest BCUT2D eigenvalue weighted by Gasteiger charge is -2.12. The van der Waals surface area contributed by atoms with E-state index in [1.165, 1.54) is 11.1 Å². The van der Waals surface area contributed by atoms with E-state index in [2.05, 4.69) is 13.0 Å². The quantitative estimate of drug-likeness (QED) is 0.710. The number of fused-ring (bicyclic) bond motifs is 2. The van der Waals surface area contributed by atoms with Crippen LogP contribution in [0.15, 0.2) is 30.3 Å². The number of carbonyl (C=O) groups is 2. The topological polar surface area (TPSA) is 72.8 Å². The standard InChI is InChI=1S/C13H16O3.C13H14O2/c1-3-16-13(15)10-5-4-8(2)9-6-7-11(14)12(9)10;1-3-15-13(14)12-8-7-9(2)10-5-4-6-11(10)12/h4-5,11,14H,3,6-7H2,1-2H3;4,6-8H,3,5H2,1-2H3. The maximum Gasteiger partial charge on any atom is 0.338 e. The summed E-state index contributed by atoms with van der Waals surface area (Å²) in [6.07, 6.45) is 6.04.